The van der Waals surface area contributed by atoms with E-state index in [0.29, 0.717) is 13.0 Å². The van der Waals surface area contributed by atoms with E-state index < -0.39 is 18.3 Å². The van der Waals surface area contributed by atoms with Crippen LogP contribution in [0.1, 0.15) is 19.8 Å². The van der Waals surface area contributed by atoms with Crippen LogP contribution in [0.15, 0.2) is 0 Å². The van der Waals surface area contributed by atoms with Crippen LogP contribution in [0.25, 0.3) is 0 Å². The standard InChI is InChI=1S/C8H16FNO2/c1-6-8(10,2-3-12-6)4-7(11)5-9/h6-7,11H,2-5,10H2,1H3. The van der Waals surface area contributed by atoms with Crippen LogP contribution in [0, 0.1) is 0 Å². The van der Waals surface area contributed by atoms with E-state index in [0.717, 1.165) is 0 Å². The van der Waals surface area contributed by atoms with Gasteiger partial charge in [0.05, 0.1) is 12.2 Å². The maximum absolute atomic E-state index is 12.0. The fraction of sp³-hybridized carbons (Fsp3) is 1.00. The first-order valence-corrected chi connectivity index (χ1v) is 4.23. The second-order valence-electron chi connectivity index (χ2n) is 3.51. The average molecular weight is 177 g/mol. The number of halogens is 1. The third-order valence-electron chi connectivity index (χ3n) is 2.54. The molecule has 1 aliphatic rings. The fourth-order valence-electron chi connectivity index (χ4n) is 1.56. The van der Waals surface area contributed by atoms with Crippen molar-refractivity contribution in [2.45, 2.75) is 37.5 Å². The van der Waals surface area contributed by atoms with E-state index in [1.165, 1.54) is 0 Å². The van der Waals surface area contributed by atoms with Gasteiger partial charge in [-0.15, -0.1) is 0 Å². The maximum Gasteiger partial charge on any atom is 0.115 e. The highest BCUT2D eigenvalue weighted by atomic mass is 19.1. The van der Waals surface area contributed by atoms with Gasteiger partial charge >= 0.3 is 0 Å². The molecule has 0 radical (unpaired) electrons. The number of nitrogens with two attached hydrogens (primary N) is 1. The van der Waals surface area contributed by atoms with Crippen LogP contribution in [-0.2, 0) is 4.74 Å². The highest BCUT2D eigenvalue weighted by Crippen LogP contribution is 2.27. The van der Waals surface area contributed by atoms with Gasteiger partial charge in [-0.2, -0.15) is 0 Å². The molecule has 0 bridgehead atoms. The molecule has 1 rings (SSSR count). The van der Waals surface area contributed by atoms with Gasteiger partial charge in [0.1, 0.15) is 6.67 Å². The molecule has 72 valence electrons. The summed E-state index contributed by atoms with van der Waals surface area (Å²) in [6.45, 7) is 1.74. The van der Waals surface area contributed by atoms with Gasteiger partial charge in [-0.25, -0.2) is 4.39 Å². The molecular formula is C8H16FNO2. The van der Waals surface area contributed by atoms with Crippen molar-refractivity contribution < 1.29 is 14.2 Å². The zero-order valence-corrected chi connectivity index (χ0v) is 7.29. The van der Waals surface area contributed by atoms with Crippen LogP contribution >= 0.6 is 0 Å². The lowest BCUT2D eigenvalue weighted by molar-refractivity contribution is 0.0573. The van der Waals surface area contributed by atoms with Crippen LogP contribution in [-0.4, -0.2) is 36.1 Å². The van der Waals surface area contributed by atoms with Crippen molar-refractivity contribution in [2.75, 3.05) is 13.3 Å². The van der Waals surface area contributed by atoms with E-state index in [2.05, 4.69) is 0 Å². The molecule has 0 amide bonds. The number of ether oxygens (including phenoxy) is 1. The number of alkyl halides is 1. The van der Waals surface area contributed by atoms with Gasteiger partial charge in [0.25, 0.3) is 0 Å². The third kappa shape index (κ3) is 1.94. The van der Waals surface area contributed by atoms with Crippen molar-refractivity contribution in [3.05, 3.63) is 0 Å². The van der Waals surface area contributed by atoms with Gasteiger partial charge in [0.15, 0.2) is 0 Å². The zero-order chi connectivity index (χ0) is 9.19. The molecule has 3 unspecified atom stereocenters. The quantitative estimate of drug-likeness (QED) is 0.648. The summed E-state index contributed by atoms with van der Waals surface area (Å²) in [5.41, 5.74) is 5.39. The van der Waals surface area contributed by atoms with Gasteiger partial charge < -0.3 is 15.6 Å². The summed E-state index contributed by atoms with van der Waals surface area (Å²) in [6, 6.07) is 0. The van der Waals surface area contributed by atoms with Crippen LogP contribution in [0.5, 0.6) is 0 Å². The van der Waals surface area contributed by atoms with E-state index >= 15 is 0 Å². The molecule has 1 aliphatic heterocycles. The summed E-state index contributed by atoms with van der Waals surface area (Å²) in [4.78, 5) is 0. The summed E-state index contributed by atoms with van der Waals surface area (Å²) in [5.74, 6) is 0. The predicted molar refractivity (Wildman–Crippen MR) is 43.5 cm³/mol. The van der Waals surface area contributed by atoms with E-state index in [9.17, 15) is 4.39 Å². The molecule has 3 N–H and O–H groups in total. The van der Waals surface area contributed by atoms with Crippen LogP contribution < -0.4 is 5.73 Å². The minimum atomic E-state index is -0.945. The Kier molecular flexibility index (Phi) is 3.04. The van der Waals surface area contributed by atoms with Crippen molar-refractivity contribution in [3.63, 3.8) is 0 Å². The number of aliphatic hydroxyl groups is 1. The van der Waals surface area contributed by atoms with Crippen molar-refractivity contribution >= 4 is 0 Å². The molecule has 0 aliphatic carbocycles. The lowest BCUT2D eigenvalue weighted by Gasteiger charge is -2.28. The SMILES string of the molecule is CC1OCCC1(N)CC(O)CF. The first-order chi connectivity index (χ1) is 5.58. The monoisotopic (exact) mass is 177 g/mol. The first-order valence-electron chi connectivity index (χ1n) is 4.23. The average Bonchev–Trinajstić information content (AvgIpc) is 2.32. The number of aliphatic hydroxyl groups excluding tert-OH is 1. The normalized spacial score (nSPS) is 38.5. The van der Waals surface area contributed by atoms with Crippen molar-refractivity contribution in [1.82, 2.24) is 0 Å². The lowest BCUT2D eigenvalue weighted by Crippen LogP contribution is -2.48. The Morgan fingerprint density at radius 1 is 1.83 bits per heavy atom. The Bertz CT molecular complexity index is 156. The Balaban J connectivity index is 2.47. The number of hydrogen-bond donors (Lipinski definition) is 2. The van der Waals surface area contributed by atoms with Crippen LogP contribution in [0.2, 0.25) is 0 Å². The number of rotatable bonds is 3. The van der Waals surface area contributed by atoms with Crippen LogP contribution in [0.4, 0.5) is 4.39 Å². The molecule has 1 fully saturated rings. The smallest absolute Gasteiger partial charge is 0.115 e. The second kappa shape index (κ2) is 3.68. The predicted octanol–water partition coefficient (Wildman–Crippen LogP) is 0.213. The molecule has 1 heterocycles. The maximum atomic E-state index is 12.0. The van der Waals surface area contributed by atoms with Gasteiger partial charge in [-0.3, -0.25) is 0 Å². The largest absolute Gasteiger partial charge is 0.390 e. The van der Waals surface area contributed by atoms with E-state index in [-0.39, 0.29) is 12.5 Å². The summed E-state index contributed by atoms with van der Waals surface area (Å²) in [6.07, 6.45) is -0.0477. The molecule has 0 spiro atoms. The molecule has 4 heteroatoms. The van der Waals surface area contributed by atoms with Gasteiger partial charge in [-0.1, -0.05) is 0 Å². The lowest BCUT2D eigenvalue weighted by atomic mass is 9.87. The van der Waals surface area contributed by atoms with E-state index in [1.54, 1.807) is 0 Å². The molecular weight excluding hydrogens is 161 g/mol. The zero-order valence-electron chi connectivity index (χ0n) is 7.29. The van der Waals surface area contributed by atoms with Crippen LogP contribution in [0.3, 0.4) is 0 Å². The molecule has 0 aromatic rings. The number of hydrogen-bond acceptors (Lipinski definition) is 3. The summed E-state index contributed by atoms with van der Waals surface area (Å²) >= 11 is 0. The van der Waals surface area contributed by atoms with Crippen molar-refractivity contribution in [2.24, 2.45) is 5.73 Å². The fourth-order valence-corrected chi connectivity index (χ4v) is 1.56. The molecule has 0 saturated carbocycles. The van der Waals surface area contributed by atoms with Gasteiger partial charge in [-0.05, 0) is 19.8 Å². The molecule has 12 heavy (non-hydrogen) atoms. The van der Waals surface area contributed by atoms with E-state index in [1.807, 2.05) is 6.92 Å². The van der Waals surface area contributed by atoms with E-state index in [4.69, 9.17) is 15.6 Å². The molecule has 1 saturated heterocycles. The Labute approximate surface area is 71.7 Å². The Morgan fingerprint density at radius 3 is 2.92 bits per heavy atom. The minimum absolute atomic E-state index is 0.0845. The second-order valence-corrected chi connectivity index (χ2v) is 3.51. The Morgan fingerprint density at radius 2 is 2.50 bits per heavy atom. The molecule has 3 atom stereocenters. The highest BCUT2D eigenvalue weighted by molar-refractivity contribution is 4.95. The summed E-state index contributed by atoms with van der Waals surface area (Å²) < 4.78 is 17.2. The topological polar surface area (TPSA) is 55.5 Å². The molecule has 0 aromatic carbocycles. The van der Waals surface area contributed by atoms with Crippen molar-refractivity contribution in [3.8, 4) is 0 Å². The van der Waals surface area contributed by atoms with Gasteiger partial charge in [0, 0.05) is 12.1 Å². The summed E-state index contributed by atoms with van der Waals surface area (Å²) in [7, 11) is 0. The summed E-state index contributed by atoms with van der Waals surface area (Å²) in [5, 5.41) is 9.09. The molecule has 3 nitrogen and oxygen atoms in total. The van der Waals surface area contributed by atoms with Gasteiger partial charge in [0.2, 0.25) is 0 Å². The Hall–Kier alpha value is -0.190. The third-order valence-corrected chi connectivity index (χ3v) is 2.54. The molecule has 0 aromatic heterocycles. The van der Waals surface area contributed by atoms with Crippen molar-refractivity contribution in [1.29, 1.82) is 0 Å². The highest BCUT2D eigenvalue weighted by Gasteiger charge is 2.39. The first kappa shape index (κ1) is 9.89. The minimum Gasteiger partial charge on any atom is -0.390 e.